The summed E-state index contributed by atoms with van der Waals surface area (Å²) in [5, 5.41) is 17.0. The van der Waals surface area contributed by atoms with E-state index in [0.717, 1.165) is 24.4 Å². The summed E-state index contributed by atoms with van der Waals surface area (Å²) >= 11 is 0. The molecule has 0 saturated carbocycles. The molecule has 5 nitrogen and oxygen atoms in total. The Morgan fingerprint density at radius 2 is 2.21 bits per heavy atom. The fourth-order valence-electron chi connectivity index (χ4n) is 1.24. The van der Waals surface area contributed by atoms with E-state index in [9.17, 15) is 9.90 Å². The number of unbranched alkanes of at least 4 members (excludes halogenated alkanes) is 1. The van der Waals surface area contributed by atoms with Crippen molar-refractivity contribution in [3.05, 3.63) is 11.4 Å². The molecule has 0 fully saturated rings. The van der Waals surface area contributed by atoms with E-state index < -0.39 is 5.97 Å². The summed E-state index contributed by atoms with van der Waals surface area (Å²) in [6.45, 7) is 4.70. The predicted molar refractivity (Wildman–Crippen MR) is 47.1 cm³/mol. The van der Waals surface area contributed by atoms with Gasteiger partial charge in [0.25, 0.3) is 0 Å². The Morgan fingerprint density at radius 1 is 1.50 bits per heavy atom. The number of nitrogens with one attached hydrogen (secondary N) is 1. The van der Waals surface area contributed by atoms with Gasteiger partial charge in [0.15, 0.2) is 5.69 Å². The van der Waals surface area contributed by atoms with Crippen molar-refractivity contribution in [2.45, 2.75) is 39.7 Å². The molecule has 0 unspecified atom stereocenters. The molecule has 1 N–H and O–H groups in total. The maximum Gasteiger partial charge on any atom is 0.218 e. The molecule has 0 amide bonds. The standard InChI is InChI=1S/C9H15N3O2/c1-7-8(2)12(11-10-7)6-4-3-5-9(13)14/h3-6H2,1-2H3,(H,13,14). The Kier molecular flexibility index (Phi) is 3.62. The molecule has 0 aliphatic rings. The van der Waals surface area contributed by atoms with E-state index in [-0.39, 0.29) is 6.42 Å². The molecular weight excluding hydrogens is 182 g/mol. The van der Waals surface area contributed by atoms with E-state index in [1.165, 1.54) is 0 Å². The molecule has 0 aliphatic carbocycles. The molecule has 0 saturated heterocycles. The first-order valence-electron chi connectivity index (χ1n) is 4.72. The van der Waals surface area contributed by atoms with Crippen LogP contribution in [0.1, 0.15) is 30.7 Å². The number of carboxylic acids is 1. The van der Waals surface area contributed by atoms with Gasteiger partial charge in [0.2, 0.25) is 5.69 Å². The number of hydrogen-bond acceptors (Lipinski definition) is 3. The molecule has 0 atom stereocenters. The summed E-state index contributed by atoms with van der Waals surface area (Å²) in [6.07, 6.45) is 1.60. The quantitative estimate of drug-likeness (QED) is 0.498. The number of carboxylic acid groups (broad SMARTS) is 1. The third kappa shape index (κ3) is 2.83. The highest BCUT2D eigenvalue weighted by Crippen LogP contribution is 1.97. The van der Waals surface area contributed by atoms with Crippen molar-refractivity contribution >= 4 is 5.97 Å². The molecule has 0 radical (unpaired) electrons. The maximum atomic E-state index is 10.1. The van der Waals surface area contributed by atoms with E-state index in [0.29, 0.717) is 6.42 Å². The van der Waals surface area contributed by atoms with Crippen molar-refractivity contribution in [1.82, 2.24) is 10.3 Å². The second kappa shape index (κ2) is 4.74. The summed E-state index contributed by atoms with van der Waals surface area (Å²) in [6, 6.07) is 0. The van der Waals surface area contributed by atoms with Crippen molar-refractivity contribution in [3.63, 3.8) is 0 Å². The van der Waals surface area contributed by atoms with Crippen LogP contribution in [0.3, 0.4) is 0 Å². The number of nitrogens with zero attached hydrogens (tertiary/aromatic N) is 2. The SMILES string of the molecule is Cc1n[nH][n+](CCCCC(=O)[O-])c1C. The van der Waals surface area contributed by atoms with E-state index in [2.05, 4.69) is 10.3 Å². The molecule has 1 aromatic rings. The zero-order chi connectivity index (χ0) is 10.6. The summed E-state index contributed by atoms with van der Waals surface area (Å²) in [7, 11) is 0. The minimum Gasteiger partial charge on any atom is -0.550 e. The van der Waals surface area contributed by atoms with Crippen LogP contribution in [0.4, 0.5) is 0 Å². The average Bonchev–Trinajstić information content (AvgIpc) is 2.43. The van der Waals surface area contributed by atoms with E-state index >= 15 is 0 Å². The highest BCUT2D eigenvalue weighted by Gasteiger charge is 2.10. The van der Waals surface area contributed by atoms with Crippen molar-refractivity contribution in [1.29, 1.82) is 0 Å². The lowest BCUT2D eigenvalue weighted by Gasteiger charge is -2.00. The Hall–Kier alpha value is -1.39. The van der Waals surface area contributed by atoms with Crippen LogP contribution in [-0.2, 0) is 11.3 Å². The van der Waals surface area contributed by atoms with Crippen LogP contribution in [0.5, 0.6) is 0 Å². The van der Waals surface area contributed by atoms with Gasteiger partial charge in [-0.25, -0.2) is 0 Å². The fraction of sp³-hybridized carbons (Fsp3) is 0.667. The molecule has 0 spiro atoms. The Balaban J connectivity index is 2.31. The maximum absolute atomic E-state index is 10.1. The molecule has 14 heavy (non-hydrogen) atoms. The van der Waals surface area contributed by atoms with Crippen LogP contribution in [0.25, 0.3) is 0 Å². The second-order valence-electron chi connectivity index (χ2n) is 3.36. The van der Waals surface area contributed by atoms with Gasteiger partial charge in [0.05, 0.1) is 0 Å². The van der Waals surface area contributed by atoms with Crippen LogP contribution in [0, 0.1) is 13.8 Å². The second-order valence-corrected chi connectivity index (χ2v) is 3.36. The van der Waals surface area contributed by atoms with Gasteiger partial charge in [0, 0.05) is 24.9 Å². The Bertz CT molecular complexity index is 320. The van der Waals surface area contributed by atoms with E-state index in [4.69, 9.17) is 0 Å². The molecule has 5 heteroatoms. The number of H-pyrrole nitrogens is 1. The monoisotopic (exact) mass is 197 g/mol. The van der Waals surface area contributed by atoms with Crippen molar-refractivity contribution in [2.24, 2.45) is 0 Å². The number of carbonyl (C=O) groups excluding carboxylic acids is 1. The molecule has 0 bridgehead atoms. The lowest BCUT2D eigenvalue weighted by atomic mass is 10.2. The van der Waals surface area contributed by atoms with Gasteiger partial charge >= 0.3 is 0 Å². The van der Waals surface area contributed by atoms with Gasteiger partial charge in [-0.3, -0.25) is 0 Å². The summed E-state index contributed by atoms with van der Waals surface area (Å²) in [5.74, 6) is -0.979. The van der Waals surface area contributed by atoms with Crippen molar-refractivity contribution in [3.8, 4) is 0 Å². The van der Waals surface area contributed by atoms with Gasteiger partial charge in [0.1, 0.15) is 6.54 Å². The molecule has 1 rings (SSSR count). The fourth-order valence-corrected chi connectivity index (χ4v) is 1.24. The molecular formula is C9H15N3O2. The number of aryl methyl sites for hydroxylation is 2. The minimum atomic E-state index is -0.979. The summed E-state index contributed by atoms with van der Waals surface area (Å²) in [5.41, 5.74) is 2.07. The summed E-state index contributed by atoms with van der Waals surface area (Å²) < 4.78 is 1.92. The summed E-state index contributed by atoms with van der Waals surface area (Å²) in [4.78, 5) is 10.1. The molecule has 1 heterocycles. The molecule has 0 aromatic carbocycles. The Morgan fingerprint density at radius 3 is 2.71 bits per heavy atom. The van der Waals surface area contributed by atoms with Gasteiger partial charge in [-0.15, -0.1) is 0 Å². The average molecular weight is 197 g/mol. The predicted octanol–water partition coefficient (Wildman–Crippen LogP) is -0.766. The number of hydrogen-bond donors (Lipinski definition) is 1. The third-order valence-electron chi connectivity index (χ3n) is 2.28. The highest BCUT2D eigenvalue weighted by atomic mass is 16.4. The molecule has 78 valence electrons. The van der Waals surface area contributed by atoms with Gasteiger partial charge < -0.3 is 9.90 Å². The first kappa shape index (κ1) is 10.7. The number of aliphatic carboxylic acids is 1. The first-order chi connectivity index (χ1) is 6.61. The lowest BCUT2D eigenvalue weighted by Crippen LogP contribution is -2.38. The van der Waals surface area contributed by atoms with Gasteiger partial charge in [-0.2, -0.15) is 4.68 Å². The van der Waals surface area contributed by atoms with Crippen LogP contribution < -0.4 is 9.79 Å². The number of aromatic nitrogens is 3. The topological polar surface area (TPSA) is 72.7 Å². The normalized spacial score (nSPS) is 10.4. The van der Waals surface area contributed by atoms with Crippen LogP contribution in [0.2, 0.25) is 0 Å². The Labute approximate surface area is 82.7 Å². The minimum absolute atomic E-state index is 0.132. The zero-order valence-electron chi connectivity index (χ0n) is 8.54. The number of rotatable bonds is 5. The van der Waals surface area contributed by atoms with Crippen molar-refractivity contribution in [2.75, 3.05) is 0 Å². The van der Waals surface area contributed by atoms with Crippen LogP contribution in [0.15, 0.2) is 0 Å². The van der Waals surface area contributed by atoms with E-state index in [1.54, 1.807) is 0 Å². The lowest BCUT2D eigenvalue weighted by molar-refractivity contribution is -0.759. The molecule has 1 aromatic heterocycles. The first-order valence-corrected chi connectivity index (χ1v) is 4.72. The van der Waals surface area contributed by atoms with Crippen LogP contribution in [-0.4, -0.2) is 16.3 Å². The van der Waals surface area contributed by atoms with Gasteiger partial charge in [-0.05, 0) is 19.3 Å². The zero-order valence-corrected chi connectivity index (χ0v) is 8.54. The third-order valence-corrected chi connectivity index (χ3v) is 2.28. The van der Waals surface area contributed by atoms with Gasteiger partial charge in [-0.1, -0.05) is 5.21 Å². The van der Waals surface area contributed by atoms with Crippen molar-refractivity contribution < 1.29 is 14.6 Å². The largest absolute Gasteiger partial charge is 0.550 e. The number of aromatic amines is 1. The highest BCUT2D eigenvalue weighted by molar-refractivity contribution is 5.63. The smallest absolute Gasteiger partial charge is 0.218 e. The molecule has 0 aliphatic heterocycles. The van der Waals surface area contributed by atoms with E-state index in [1.807, 2.05) is 18.5 Å². The number of carbonyl (C=O) groups is 1. The van der Waals surface area contributed by atoms with Crippen LogP contribution >= 0.6 is 0 Å².